The Morgan fingerprint density at radius 3 is 2.45 bits per heavy atom. The van der Waals surface area contributed by atoms with E-state index in [1.54, 1.807) is 13.8 Å². The van der Waals surface area contributed by atoms with Crippen LogP contribution in [0.1, 0.15) is 46.0 Å². The third-order valence-corrected chi connectivity index (χ3v) is 4.73. The van der Waals surface area contributed by atoms with Crippen LogP contribution in [0.25, 0.3) is 5.57 Å². The summed E-state index contributed by atoms with van der Waals surface area (Å²) >= 11 is 0. The number of aromatic nitrogens is 1. The number of rotatable bonds is 3. The number of aromatic amines is 1. The number of esters is 1. The quantitative estimate of drug-likeness (QED) is 0.767. The largest absolute Gasteiger partial charge is 0.478 e. The third kappa shape index (κ3) is 3.63. The van der Waals surface area contributed by atoms with Gasteiger partial charge in [-0.25, -0.2) is 18.4 Å². The van der Waals surface area contributed by atoms with E-state index < -0.39 is 34.9 Å². The van der Waals surface area contributed by atoms with Gasteiger partial charge < -0.3 is 19.7 Å². The lowest BCUT2D eigenvalue weighted by Crippen LogP contribution is -2.36. The molecule has 0 aliphatic carbocycles. The number of ether oxygens (including phenoxy) is 1. The average Bonchev–Trinajstić information content (AvgIpc) is 3.07. The van der Waals surface area contributed by atoms with Crippen molar-refractivity contribution in [1.82, 2.24) is 9.88 Å². The molecule has 29 heavy (non-hydrogen) atoms. The van der Waals surface area contributed by atoms with Crippen molar-refractivity contribution in [3.8, 4) is 0 Å². The van der Waals surface area contributed by atoms with Crippen LogP contribution in [0.15, 0.2) is 30.5 Å². The number of methoxy groups -OCH3 is 1. The molecule has 0 unspecified atom stereocenters. The van der Waals surface area contributed by atoms with Crippen LogP contribution in [0.2, 0.25) is 0 Å². The molecule has 0 bridgehead atoms. The van der Waals surface area contributed by atoms with Crippen molar-refractivity contribution in [3.05, 3.63) is 64.6 Å². The van der Waals surface area contributed by atoms with Crippen LogP contribution in [-0.4, -0.2) is 46.5 Å². The molecule has 1 aromatic carbocycles. The molecule has 1 aliphatic rings. The van der Waals surface area contributed by atoms with E-state index in [1.165, 1.54) is 13.2 Å². The highest BCUT2D eigenvalue weighted by molar-refractivity contribution is 6.16. The van der Waals surface area contributed by atoms with Crippen molar-refractivity contribution >= 4 is 23.4 Å². The molecule has 7 nitrogen and oxygen atoms in total. The summed E-state index contributed by atoms with van der Waals surface area (Å²) in [4.78, 5) is 40.5. The van der Waals surface area contributed by atoms with Gasteiger partial charge >= 0.3 is 11.9 Å². The SMILES string of the molecule is COC(=O)c1cc2c([nH]1)C(C(=O)O)=CN(C(=O)c1ccc(F)c(F)c1)CC2(C)C. The highest BCUT2D eigenvalue weighted by Crippen LogP contribution is 2.36. The predicted octanol–water partition coefficient (Wildman–Crippen LogP) is 2.94. The second kappa shape index (κ2) is 7.16. The van der Waals surface area contributed by atoms with Crippen LogP contribution in [0, 0.1) is 11.6 Å². The Bertz CT molecular complexity index is 1060. The van der Waals surface area contributed by atoms with Gasteiger partial charge in [0.1, 0.15) is 5.69 Å². The maximum atomic E-state index is 13.6. The minimum atomic E-state index is -1.33. The minimum Gasteiger partial charge on any atom is -0.478 e. The van der Waals surface area contributed by atoms with Crippen LogP contribution in [0.5, 0.6) is 0 Å². The first-order valence-corrected chi connectivity index (χ1v) is 8.58. The summed E-state index contributed by atoms with van der Waals surface area (Å²) in [6.07, 6.45) is 1.12. The van der Waals surface area contributed by atoms with E-state index in [1.807, 2.05) is 0 Å². The summed E-state index contributed by atoms with van der Waals surface area (Å²) in [6.45, 7) is 3.57. The summed E-state index contributed by atoms with van der Waals surface area (Å²) in [5.74, 6) is -4.95. The second-order valence-corrected chi connectivity index (χ2v) is 7.26. The number of halogens is 2. The Hall–Kier alpha value is -3.49. The van der Waals surface area contributed by atoms with Gasteiger partial charge in [-0.2, -0.15) is 0 Å². The zero-order valence-electron chi connectivity index (χ0n) is 15.9. The first-order valence-electron chi connectivity index (χ1n) is 8.58. The Balaban J connectivity index is 2.12. The molecule has 0 radical (unpaired) electrons. The van der Waals surface area contributed by atoms with Crippen LogP contribution >= 0.6 is 0 Å². The molecule has 1 amide bonds. The first-order chi connectivity index (χ1) is 13.5. The van der Waals surface area contributed by atoms with Gasteiger partial charge in [-0.1, -0.05) is 13.8 Å². The molecular formula is C20H18F2N2O5. The summed E-state index contributed by atoms with van der Waals surface area (Å²) in [5.41, 5.74) is -0.396. The van der Waals surface area contributed by atoms with Crippen LogP contribution < -0.4 is 0 Å². The van der Waals surface area contributed by atoms with Gasteiger partial charge in [-0.3, -0.25) is 4.79 Å². The minimum absolute atomic E-state index is 0.0348. The number of hydrogen-bond donors (Lipinski definition) is 2. The number of aliphatic carboxylic acids is 1. The number of nitrogens with one attached hydrogen (secondary N) is 1. The average molecular weight is 404 g/mol. The number of nitrogens with zero attached hydrogens (tertiary/aromatic N) is 1. The number of carbonyl (C=O) groups is 3. The van der Waals surface area contributed by atoms with E-state index in [9.17, 15) is 28.3 Å². The molecule has 0 saturated carbocycles. The Morgan fingerprint density at radius 2 is 1.86 bits per heavy atom. The lowest BCUT2D eigenvalue weighted by Gasteiger charge is -2.29. The Kier molecular flexibility index (Phi) is 5.00. The normalized spacial score (nSPS) is 15.2. The number of carboxylic acid groups (broad SMARTS) is 1. The molecule has 0 saturated heterocycles. The standard InChI is InChI=1S/C20H18F2N2O5/c1-20(2)9-24(17(25)10-4-5-13(21)14(22)6-10)8-11(18(26)27)16-12(20)7-15(23-16)19(28)29-3/h4-8,23H,9H2,1-3H3,(H,26,27). The van der Waals surface area contributed by atoms with Crippen LogP contribution in [0.3, 0.4) is 0 Å². The van der Waals surface area contributed by atoms with Crippen molar-refractivity contribution in [2.75, 3.05) is 13.7 Å². The van der Waals surface area contributed by atoms with Crippen molar-refractivity contribution in [3.63, 3.8) is 0 Å². The number of amides is 1. The lowest BCUT2D eigenvalue weighted by atomic mass is 9.83. The van der Waals surface area contributed by atoms with Crippen molar-refractivity contribution in [2.45, 2.75) is 19.3 Å². The highest BCUT2D eigenvalue weighted by Gasteiger charge is 2.36. The number of H-pyrrole nitrogens is 1. The second-order valence-electron chi connectivity index (χ2n) is 7.26. The van der Waals surface area contributed by atoms with Gasteiger partial charge in [0, 0.05) is 23.7 Å². The predicted molar refractivity (Wildman–Crippen MR) is 98.2 cm³/mol. The molecule has 1 aliphatic heterocycles. The van der Waals surface area contributed by atoms with Crippen molar-refractivity contribution in [2.24, 2.45) is 0 Å². The molecule has 0 spiro atoms. The molecule has 3 rings (SSSR count). The molecule has 0 atom stereocenters. The zero-order chi connectivity index (χ0) is 21.5. The van der Waals surface area contributed by atoms with E-state index in [0.717, 1.165) is 29.3 Å². The summed E-state index contributed by atoms with van der Waals surface area (Å²) in [7, 11) is 1.20. The lowest BCUT2D eigenvalue weighted by molar-refractivity contribution is -0.130. The van der Waals surface area contributed by atoms with E-state index in [2.05, 4.69) is 9.72 Å². The molecular weight excluding hydrogens is 386 g/mol. The smallest absolute Gasteiger partial charge is 0.354 e. The van der Waals surface area contributed by atoms with E-state index in [-0.39, 0.29) is 29.1 Å². The van der Waals surface area contributed by atoms with Crippen LogP contribution in [0.4, 0.5) is 8.78 Å². The fourth-order valence-corrected chi connectivity index (χ4v) is 3.29. The highest BCUT2D eigenvalue weighted by atomic mass is 19.2. The number of hydrogen-bond acceptors (Lipinski definition) is 4. The van der Waals surface area contributed by atoms with Crippen LogP contribution in [-0.2, 0) is 14.9 Å². The maximum Gasteiger partial charge on any atom is 0.354 e. The number of benzene rings is 1. The summed E-state index contributed by atoms with van der Waals surface area (Å²) in [6, 6.07) is 4.21. The topological polar surface area (TPSA) is 99.7 Å². The van der Waals surface area contributed by atoms with E-state index in [4.69, 9.17) is 0 Å². The monoisotopic (exact) mass is 404 g/mol. The fourth-order valence-electron chi connectivity index (χ4n) is 3.29. The maximum absolute atomic E-state index is 13.6. The van der Waals surface area contributed by atoms with E-state index >= 15 is 0 Å². The van der Waals surface area contributed by atoms with E-state index in [0.29, 0.717) is 5.56 Å². The summed E-state index contributed by atoms with van der Waals surface area (Å²) in [5, 5.41) is 9.68. The van der Waals surface area contributed by atoms with Gasteiger partial charge in [0.15, 0.2) is 11.6 Å². The van der Waals surface area contributed by atoms with Gasteiger partial charge in [-0.05, 0) is 29.8 Å². The van der Waals surface area contributed by atoms with Crippen molar-refractivity contribution in [1.29, 1.82) is 0 Å². The molecule has 9 heteroatoms. The molecule has 2 aromatic rings. The van der Waals surface area contributed by atoms with Gasteiger partial charge in [0.25, 0.3) is 5.91 Å². The first kappa shape index (κ1) is 20.2. The number of fused-ring (bicyclic) bond motifs is 1. The Morgan fingerprint density at radius 1 is 1.17 bits per heavy atom. The summed E-state index contributed by atoms with van der Waals surface area (Å²) < 4.78 is 31.4. The molecule has 2 N–H and O–H groups in total. The molecule has 2 heterocycles. The van der Waals surface area contributed by atoms with Gasteiger partial charge in [0.2, 0.25) is 0 Å². The molecule has 152 valence electrons. The van der Waals surface area contributed by atoms with Crippen molar-refractivity contribution < 1.29 is 33.0 Å². The third-order valence-electron chi connectivity index (χ3n) is 4.73. The number of carboxylic acids is 1. The molecule has 1 aromatic heterocycles. The fraction of sp³-hybridized carbons (Fsp3) is 0.250. The molecule has 0 fully saturated rings. The zero-order valence-corrected chi connectivity index (χ0v) is 15.9. The van der Waals surface area contributed by atoms with Gasteiger partial charge in [-0.15, -0.1) is 0 Å². The Labute approximate surface area is 164 Å². The van der Waals surface area contributed by atoms with Gasteiger partial charge in [0.05, 0.1) is 18.4 Å². The number of carbonyl (C=O) groups excluding carboxylic acids is 2.